The number of carbonyl (C=O) groups excluding carboxylic acids is 1. The van der Waals surface area contributed by atoms with Crippen LogP contribution in [0.3, 0.4) is 0 Å². The minimum absolute atomic E-state index is 0.0698. The van der Waals surface area contributed by atoms with Crippen LogP contribution in [0.5, 0.6) is 5.75 Å². The summed E-state index contributed by atoms with van der Waals surface area (Å²) in [7, 11) is 0. The minimum Gasteiger partial charge on any atom is -0.507 e. The molecule has 1 aromatic rings. The summed E-state index contributed by atoms with van der Waals surface area (Å²) in [4.78, 5) is 13.6. The van der Waals surface area contributed by atoms with E-state index < -0.39 is 5.82 Å². The standard InChI is InChI=1S/C15H20FNO2/c1-10-3-5-17(6-4-10)9-12-7-13(16)8-14(11(2)18)15(12)19/h7-8,10,19H,3-6,9H2,1-2H3. The highest BCUT2D eigenvalue weighted by Gasteiger charge is 2.19. The number of phenols is 1. The molecule has 1 aromatic carbocycles. The number of likely N-dealkylation sites (tertiary alicyclic amines) is 1. The van der Waals surface area contributed by atoms with Gasteiger partial charge < -0.3 is 5.11 Å². The van der Waals surface area contributed by atoms with Crippen LogP contribution >= 0.6 is 0 Å². The number of ketones is 1. The number of benzene rings is 1. The van der Waals surface area contributed by atoms with Crippen molar-refractivity contribution in [3.05, 3.63) is 29.1 Å². The lowest BCUT2D eigenvalue weighted by Crippen LogP contribution is -2.32. The lowest BCUT2D eigenvalue weighted by atomic mass is 9.98. The molecule has 1 fully saturated rings. The fourth-order valence-corrected chi connectivity index (χ4v) is 2.51. The van der Waals surface area contributed by atoms with E-state index in [-0.39, 0.29) is 17.1 Å². The molecule has 3 nitrogen and oxygen atoms in total. The first-order chi connectivity index (χ1) is 8.97. The second-order valence-corrected chi connectivity index (χ2v) is 5.48. The third-order valence-electron chi connectivity index (χ3n) is 3.80. The van der Waals surface area contributed by atoms with Gasteiger partial charge in [-0.2, -0.15) is 0 Å². The fourth-order valence-electron chi connectivity index (χ4n) is 2.51. The van der Waals surface area contributed by atoms with E-state index in [1.165, 1.54) is 13.0 Å². The van der Waals surface area contributed by atoms with Crippen LogP contribution in [0.2, 0.25) is 0 Å². The van der Waals surface area contributed by atoms with Crippen LogP contribution in [-0.4, -0.2) is 28.9 Å². The van der Waals surface area contributed by atoms with Crippen LogP contribution in [0.15, 0.2) is 12.1 Å². The van der Waals surface area contributed by atoms with E-state index in [1.54, 1.807) is 0 Å². The number of nitrogens with zero attached hydrogens (tertiary/aromatic N) is 1. The van der Waals surface area contributed by atoms with Gasteiger partial charge in [-0.3, -0.25) is 9.69 Å². The van der Waals surface area contributed by atoms with Crippen molar-refractivity contribution >= 4 is 5.78 Å². The molecule has 1 saturated heterocycles. The first-order valence-electron chi connectivity index (χ1n) is 6.72. The van der Waals surface area contributed by atoms with Crippen LogP contribution in [0.4, 0.5) is 4.39 Å². The molecule has 0 aromatic heterocycles. The maximum atomic E-state index is 13.5. The first kappa shape index (κ1) is 14.0. The Morgan fingerprint density at radius 1 is 1.42 bits per heavy atom. The maximum Gasteiger partial charge on any atom is 0.163 e. The third-order valence-corrected chi connectivity index (χ3v) is 3.80. The number of halogens is 1. The van der Waals surface area contributed by atoms with Crippen LogP contribution in [0.1, 0.15) is 42.6 Å². The predicted octanol–water partition coefficient (Wildman–Crippen LogP) is 2.97. The molecule has 104 valence electrons. The number of hydrogen-bond acceptors (Lipinski definition) is 3. The van der Waals surface area contributed by atoms with Crippen molar-refractivity contribution in [2.75, 3.05) is 13.1 Å². The molecule has 1 N–H and O–H groups in total. The summed E-state index contributed by atoms with van der Waals surface area (Å²) in [5, 5.41) is 10.1. The largest absolute Gasteiger partial charge is 0.507 e. The van der Waals surface area contributed by atoms with Gasteiger partial charge in [0.2, 0.25) is 0 Å². The van der Waals surface area contributed by atoms with Crippen LogP contribution in [0.25, 0.3) is 0 Å². The number of hydrogen-bond donors (Lipinski definition) is 1. The number of phenolic OH excluding ortho intramolecular Hbond substituents is 1. The molecule has 19 heavy (non-hydrogen) atoms. The molecule has 0 bridgehead atoms. The van der Waals surface area contributed by atoms with Crippen LogP contribution in [-0.2, 0) is 6.54 Å². The third kappa shape index (κ3) is 3.32. The van der Waals surface area contributed by atoms with Crippen molar-refractivity contribution in [1.82, 2.24) is 4.90 Å². The monoisotopic (exact) mass is 265 g/mol. The van der Waals surface area contributed by atoms with Crippen LogP contribution in [0, 0.1) is 11.7 Å². The van der Waals surface area contributed by atoms with Gasteiger partial charge in [-0.25, -0.2) is 4.39 Å². The molecule has 0 atom stereocenters. The van der Waals surface area contributed by atoms with Crippen molar-refractivity contribution in [2.45, 2.75) is 33.2 Å². The summed E-state index contributed by atoms with van der Waals surface area (Å²) in [5.41, 5.74) is 0.570. The van der Waals surface area contributed by atoms with E-state index in [0.717, 1.165) is 37.9 Å². The Bertz CT molecular complexity index is 479. The molecular weight excluding hydrogens is 245 g/mol. The van der Waals surface area contributed by atoms with Crippen molar-refractivity contribution in [3.63, 3.8) is 0 Å². The Morgan fingerprint density at radius 3 is 2.63 bits per heavy atom. The summed E-state index contributed by atoms with van der Waals surface area (Å²) in [6, 6.07) is 2.42. The zero-order valence-electron chi connectivity index (χ0n) is 11.4. The van der Waals surface area contributed by atoms with Gasteiger partial charge in [-0.1, -0.05) is 6.92 Å². The van der Waals surface area contributed by atoms with E-state index in [4.69, 9.17) is 0 Å². The molecule has 0 amide bonds. The Kier molecular flexibility index (Phi) is 4.20. The summed E-state index contributed by atoms with van der Waals surface area (Å²) in [6.45, 7) is 5.96. The highest BCUT2D eigenvalue weighted by Crippen LogP contribution is 2.27. The van der Waals surface area contributed by atoms with Crippen molar-refractivity contribution < 1.29 is 14.3 Å². The van der Waals surface area contributed by atoms with Gasteiger partial charge in [-0.05, 0) is 50.9 Å². The van der Waals surface area contributed by atoms with E-state index in [2.05, 4.69) is 11.8 Å². The average Bonchev–Trinajstić information content (AvgIpc) is 2.35. The molecule has 0 saturated carbocycles. The van der Waals surface area contributed by atoms with Crippen LogP contribution < -0.4 is 0 Å². The van der Waals surface area contributed by atoms with Crippen molar-refractivity contribution in [1.29, 1.82) is 0 Å². The fraction of sp³-hybridized carbons (Fsp3) is 0.533. The number of aromatic hydroxyl groups is 1. The number of Topliss-reactive ketones (excluding diaryl/α,β-unsaturated/α-hetero) is 1. The molecule has 1 aliphatic heterocycles. The Hall–Kier alpha value is -1.42. The average molecular weight is 265 g/mol. The zero-order chi connectivity index (χ0) is 14.0. The summed E-state index contributed by atoms with van der Waals surface area (Å²) < 4.78 is 13.5. The normalized spacial score (nSPS) is 17.6. The summed E-state index contributed by atoms with van der Waals surface area (Å²) >= 11 is 0. The van der Waals surface area contributed by atoms with Crippen molar-refractivity contribution in [2.24, 2.45) is 5.92 Å². The molecule has 0 spiro atoms. The quantitative estimate of drug-likeness (QED) is 0.854. The zero-order valence-corrected chi connectivity index (χ0v) is 11.4. The minimum atomic E-state index is -0.469. The number of rotatable bonds is 3. The molecule has 2 rings (SSSR count). The molecular formula is C15H20FNO2. The SMILES string of the molecule is CC(=O)c1cc(F)cc(CN2CCC(C)CC2)c1O. The van der Waals surface area contributed by atoms with Gasteiger partial charge in [0.25, 0.3) is 0 Å². The summed E-state index contributed by atoms with van der Waals surface area (Å²) in [6.07, 6.45) is 2.24. The van der Waals surface area contributed by atoms with E-state index in [9.17, 15) is 14.3 Å². The lowest BCUT2D eigenvalue weighted by molar-refractivity contribution is 0.101. The molecule has 0 unspecified atom stereocenters. The second-order valence-electron chi connectivity index (χ2n) is 5.48. The first-order valence-corrected chi connectivity index (χ1v) is 6.72. The Balaban J connectivity index is 2.18. The maximum absolute atomic E-state index is 13.5. The topological polar surface area (TPSA) is 40.5 Å². The molecule has 0 radical (unpaired) electrons. The second kappa shape index (κ2) is 5.70. The lowest BCUT2D eigenvalue weighted by Gasteiger charge is -2.30. The number of piperidine rings is 1. The van der Waals surface area contributed by atoms with Gasteiger partial charge in [0, 0.05) is 12.1 Å². The highest BCUT2D eigenvalue weighted by atomic mass is 19.1. The Labute approximate surface area is 113 Å². The van der Waals surface area contributed by atoms with E-state index in [0.29, 0.717) is 12.1 Å². The highest BCUT2D eigenvalue weighted by molar-refractivity contribution is 5.97. The molecule has 0 aliphatic carbocycles. The Morgan fingerprint density at radius 2 is 2.05 bits per heavy atom. The van der Waals surface area contributed by atoms with E-state index >= 15 is 0 Å². The summed E-state index contributed by atoms with van der Waals surface area (Å²) in [5.74, 6) is -0.133. The molecule has 4 heteroatoms. The predicted molar refractivity (Wildman–Crippen MR) is 71.7 cm³/mol. The van der Waals surface area contributed by atoms with Gasteiger partial charge >= 0.3 is 0 Å². The smallest absolute Gasteiger partial charge is 0.163 e. The molecule has 1 heterocycles. The van der Waals surface area contributed by atoms with Gasteiger partial charge in [0.05, 0.1) is 5.56 Å². The van der Waals surface area contributed by atoms with E-state index in [1.807, 2.05) is 0 Å². The van der Waals surface area contributed by atoms with Gasteiger partial charge in [-0.15, -0.1) is 0 Å². The van der Waals surface area contributed by atoms with Crippen molar-refractivity contribution in [3.8, 4) is 5.75 Å². The van der Waals surface area contributed by atoms with Gasteiger partial charge in [0.1, 0.15) is 11.6 Å². The molecule has 1 aliphatic rings. The van der Waals surface area contributed by atoms with Gasteiger partial charge in [0.15, 0.2) is 5.78 Å². The number of carbonyl (C=O) groups is 1.